The Labute approximate surface area is 173 Å². The molecule has 146 valence electrons. The molecule has 7 heteroatoms. The third-order valence-corrected chi connectivity index (χ3v) is 4.74. The van der Waals surface area contributed by atoms with Gasteiger partial charge in [-0.25, -0.2) is 4.79 Å². The van der Waals surface area contributed by atoms with Crippen LogP contribution in [0.2, 0.25) is 0 Å². The van der Waals surface area contributed by atoms with E-state index < -0.39 is 5.97 Å². The van der Waals surface area contributed by atoms with Crippen molar-refractivity contribution in [3.05, 3.63) is 86.7 Å². The Bertz CT molecular complexity index is 1240. The van der Waals surface area contributed by atoms with Gasteiger partial charge in [-0.05, 0) is 57.9 Å². The van der Waals surface area contributed by atoms with Crippen LogP contribution >= 0.6 is 15.9 Å². The average Bonchev–Trinajstić information content (AvgIpc) is 3.19. The van der Waals surface area contributed by atoms with Crippen LogP contribution in [0.25, 0.3) is 22.5 Å². The molecule has 0 spiro atoms. The molecule has 0 aliphatic rings. The highest BCUT2D eigenvalue weighted by Crippen LogP contribution is 2.33. The third kappa shape index (κ3) is 3.82. The van der Waals surface area contributed by atoms with E-state index in [9.17, 15) is 9.59 Å². The molecule has 0 fully saturated rings. The maximum atomic E-state index is 13.0. The molecule has 2 aromatic heterocycles. The summed E-state index contributed by atoms with van der Waals surface area (Å²) < 4.78 is 22.6. The highest BCUT2D eigenvalue weighted by molar-refractivity contribution is 9.10. The van der Waals surface area contributed by atoms with E-state index >= 15 is 0 Å². The average molecular weight is 455 g/mol. The number of furan rings is 1. The predicted molar refractivity (Wildman–Crippen MR) is 110 cm³/mol. The lowest BCUT2D eigenvalue weighted by atomic mass is 10.1. The number of fused-ring (bicyclic) bond motifs is 1. The minimum Gasteiger partial charge on any atom is -0.481 e. The van der Waals surface area contributed by atoms with Gasteiger partial charge in [0.2, 0.25) is 16.9 Å². The van der Waals surface area contributed by atoms with Crippen LogP contribution in [0, 0.1) is 0 Å². The Morgan fingerprint density at radius 3 is 2.45 bits per heavy atom. The first-order chi connectivity index (χ1) is 14.1. The first-order valence-electron chi connectivity index (χ1n) is 8.68. The van der Waals surface area contributed by atoms with Crippen LogP contribution in [0.1, 0.15) is 15.9 Å². The second kappa shape index (κ2) is 7.97. The number of rotatable bonds is 5. The van der Waals surface area contributed by atoms with Crippen molar-refractivity contribution < 1.29 is 23.1 Å². The van der Waals surface area contributed by atoms with Crippen LogP contribution in [-0.2, 0) is 11.3 Å². The lowest BCUT2D eigenvalue weighted by molar-refractivity contribution is 0.0600. The van der Waals surface area contributed by atoms with Crippen molar-refractivity contribution in [2.75, 3.05) is 7.11 Å². The van der Waals surface area contributed by atoms with Gasteiger partial charge >= 0.3 is 5.97 Å². The number of carbonyl (C=O) groups excluding carboxylic acids is 1. The van der Waals surface area contributed by atoms with E-state index in [-0.39, 0.29) is 23.5 Å². The van der Waals surface area contributed by atoms with E-state index in [1.807, 2.05) is 0 Å². The fourth-order valence-electron chi connectivity index (χ4n) is 2.86. The minimum absolute atomic E-state index is 0.0580. The summed E-state index contributed by atoms with van der Waals surface area (Å²) in [5.74, 6) is 0.224. The van der Waals surface area contributed by atoms with E-state index in [4.69, 9.17) is 18.3 Å². The normalized spacial score (nSPS) is 10.8. The van der Waals surface area contributed by atoms with Crippen molar-refractivity contribution in [1.82, 2.24) is 0 Å². The van der Waals surface area contributed by atoms with Crippen LogP contribution in [0.3, 0.4) is 0 Å². The summed E-state index contributed by atoms with van der Waals surface area (Å²) in [5.41, 5.74) is 1.36. The fourth-order valence-corrected chi connectivity index (χ4v) is 3.17. The van der Waals surface area contributed by atoms with Gasteiger partial charge in [-0.1, -0.05) is 24.3 Å². The van der Waals surface area contributed by atoms with E-state index in [1.165, 1.54) is 7.11 Å². The number of methoxy groups -OCH3 is 1. The fraction of sp³-hybridized carbons (Fsp3) is 0.0909. The van der Waals surface area contributed by atoms with Crippen molar-refractivity contribution in [2.45, 2.75) is 6.61 Å². The Morgan fingerprint density at radius 1 is 1.00 bits per heavy atom. The molecule has 0 amide bonds. The maximum Gasteiger partial charge on any atom is 0.337 e. The quantitative estimate of drug-likeness (QED) is 0.386. The van der Waals surface area contributed by atoms with Crippen molar-refractivity contribution in [2.24, 2.45) is 0 Å². The second-order valence-corrected chi connectivity index (χ2v) is 6.95. The van der Waals surface area contributed by atoms with Crippen LogP contribution in [0.5, 0.6) is 5.75 Å². The summed E-state index contributed by atoms with van der Waals surface area (Å²) in [7, 11) is 1.33. The topological polar surface area (TPSA) is 78.9 Å². The van der Waals surface area contributed by atoms with E-state index in [0.717, 1.165) is 5.56 Å². The van der Waals surface area contributed by atoms with Gasteiger partial charge in [0.15, 0.2) is 10.4 Å². The molecular weight excluding hydrogens is 440 g/mol. The lowest BCUT2D eigenvalue weighted by Gasteiger charge is -2.10. The van der Waals surface area contributed by atoms with Gasteiger partial charge in [0.25, 0.3) is 0 Å². The molecule has 29 heavy (non-hydrogen) atoms. The summed E-state index contributed by atoms with van der Waals surface area (Å²) in [6.07, 6.45) is 0. The molecule has 0 atom stereocenters. The molecule has 0 N–H and O–H groups in total. The van der Waals surface area contributed by atoms with Crippen LogP contribution in [0.15, 0.2) is 79.0 Å². The summed E-state index contributed by atoms with van der Waals surface area (Å²) in [5, 5.41) is 0.415. The van der Waals surface area contributed by atoms with Gasteiger partial charge < -0.3 is 18.3 Å². The number of hydrogen-bond acceptors (Lipinski definition) is 6. The molecule has 0 unspecified atom stereocenters. The van der Waals surface area contributed by atoms with Crippen LogP contribution < -0.4 is 10.2 Å². The molecule has 0 radical (unpaired) electrons. The van der Waals surface area contributed by atoms with Crippen molar-refractivity contribution >= 4 is 32.9 Å². The van der Waals surface area contributed by atoms with Gasteiger partial charge in [-0.2, -0.15) is 0 Å². The molecule has 0 saturated carbocycles. The van der Waals surface area contributed by atoms with Gasteiger partial charge in [-0.3, -0.25) is 4.79 Å². The van der Waals surface area contributed by atoms with E-state index in [0.29, 0.717) is 27.0 Å². The Hall–Kier alpha value is -3.32. The number of benzene rings is 2. The molecular formula is C22H15BrO6. The predicted octanol–water partition coefficient (Wildman–Crippen LogP) is 5.18. The number of ether oxygens (including phenoxy) is 2. The molecule has 2 aromatic carbocycles. The largest absolute Gasteiger partial charge is 0.481 e. The smallest absolute Gasteiger partial charge is 0.337 e. The van der Waals surface area contributed by atoms with Crippen LogP contribution in [-0.4, -0.2) is 13.1 Å². The number of halogens is 1. The van der Waals surface area contributed by atoms with Crippen LogP contribution in [0.4, 0.5) is 0 Å². The number of para-hydroxylation sites is 1. The first-order valence-corrected chi connectivity index (χ1v) is 9.47. The Morgan fingerprint density at radius 2 is 1.76 bits per heavy atom. The Kier molecular flexibility index (Phi) is 5.22. The second-order valence-electron chi connectivity index (χ2n) is 6.17. The number of hydrogen-bond donors (Lipinski definition) is 0. The molecule has 2 heterocycles. The van der Waals surface area contributed by atoms with Crippen molar-refractivity contribution in [1.29, 1.82) is 0 Å². The third-order valence-electron chi connectivity index (χ3n) is 4.31. The highest BCUT2D eigenvalue weighted by Gasteiger charge is 2.20. The Balaban J connectivity index is 1.71. The molecule has 4 aromatic rings. The monoisotopic (exact) mass is 454 g/mol. The van der Waals surface area contributed by atoms with Gasteiger partial charge in [-0.15, -0.1) is 0 Å². The van der Waals surface area contributed by atoms with E-state index in [2.05, 4.69) is 15.9 Å². The standard InChI is InChI=1S/C22H15BrO6/c1-26-22(25)14-8-6-13(7-9-14)12-27-21-19(24)15-4-2-3-5-16(15)29-20(21)17-10-11-18(23)28-17/h2-11H,12H2,1H3. The number of esters is 1. The zero-order chi connectivity index (χ0) is 20.4. The minimum atomic E-state index is -0.418. The summed E-state index contributed by atoms with van der Waals surface area (Å²) in [4.78, 5) is 24.6. The zero-order valence-electron chi connectivity index (χ0n) is 15.3. The molecule has 0 aliphatic carbocycles. The first kappa shape index (κ1) is 19.0. The van der Waals surface area contributed by atoms with Crippen molar-refractivity contribution in [3.8, 4) is 17.3 Å². The summed E-state index contributed by atoms with van der Waals surface area (Å²) >= 11 is 3.26. The molecule has 4 rings (SSSR count). The SMILES string of the molecule is COC(=O)c1ccc(COc2c(-c3ccc(Br)o3)oc3ccccc3c2=O)cc1. The number of carbonyl (C=O) groups is 1. The molecule has 0 aliphatic heterocycles. The van der Waals surface area contributed by atoms with Crippen molar-refractivity contribution in [3.63, 3.8) is 0 Å². The maximum absolute atomic E-state index is 13.0. The molecule has 0 saturated heterocycles. The summed E-state index contributed by atoms with van der Waals surface area (Å²) in [6.45, 7) is 0.111. The van der Waals surface area contributed by atoms with Gasteiger partial charge in [0, 0.05) is 0 Å². The molecule has 6 nitrogen and oxygen atoms in total. The highest BCUT2D eigenvalue weighted by atomic mass is 79.9. The van der Waals surface area contributed by atoms with E-state index in [1.54, 1.807) is 60.7 Å². The molecule has 0 bridgehead atoms. The van der Waals surface area contributed by atoms with Gasteiger partial charge in [0.05, 0.1) is 18.1 Å². The lowest BCUT2D eigenvalue weighted by Crippen LogP contribution is -2.10. The summed E-state index contributed by atoms with van der Waals surface area (Å²) in [6, 6.07) is 17.1. The zero-order valence-corrected chi connectivity index (χ0v) is 16.9. The van der Waals surface area contributed by atoms with Gasteiger partial charge in [0.1, 0.15) is 12.2 Å².